The molecule has 2 atom stereocenters. The molecule has 0 aromatic carbocycles. The zero-order valence-corrected chi connectivity index (χ0v) is 11.9. The normalized spacial score (nSPS) is 25.1. The summed E-state index contributed by atoms with van der Waals surface area (Å²) in [6, 6.07) is 4.13. The first-order valence-corrected chi connectivity index (χ1v) is 7.58. The standard InChI is InChI=1S/C14H14N4OS/c1-8-13-10(17-14-15-7-16-18(8)14)5-9(6-11(13)19)12-3-2-4-20-12/h2-4,7-9H,5-6H2,1H3,(H,15,16,17)/t8-,9+/m0/s1. The van der Waals surface area contributed by atoms with Crippen molar-refractivity contribution in [2.75, 3.05) is 5.32 Å². The summed E-state index contributed by atoms with van der Waals surface area (Å²) in [4.78, 5) is 18.0. The van der Waals surface area contributed by atoms with Crippen LogP contribution in [0.15, 0.2) is 35.1 Å². The highest BCUT2D eigenvalue weighted by Crippen LogP contribution is 2.42. The maximum Gasteiger partial charge on any atom is 0.225 e. The molecular weight excluding hydrogens is 272 g/mol. The fourth-order valence-corrected chi connectivity index (χ4v) is 3.97. The van der Waals surface area contributed by atoms with Crippen LogP contribution in [0.4, 0.5) is 5.95 Å². The second-order valence-electron chi connectivity index (χ2n) is 5.27. The van der Waals surface area contributed by atoms with Crippen LogP contribution in [0.2, 0.25) is 0 Å². The topological polar surface area (TPSA) is 59.8 Å². The van der Waals surface area contributed by atoms with Crippen molar-refractivity contribution in [3.8, 4) is 0 Å². The summed E-state index contributed by atoms with van der Waals surface area (Å²) in [6.07, 6.45) is 2.99. The smallest absolute Gasteiger partial charge is 0.225 e. The van der Waals surface area contributed by atoms with Crippen LogP contribution in [-0.4, -0.2) is 20.5 Å². The van der Waals surface area contributed by atoms with Crippen molar-refractivity contribution in [3.05, 3.63) is 40.0 Å². The van der Waals surface area contributed by atoms with Gasteiger partial charge in [-0.15, -0.1) is 11.3 Å². The van der Waals surface area contributed by atoms with Crippen LogP contribution < -0.4 is 5.32 Å². The van der Waals surface area contributed by atoms with Gasteiger partial charge in [0.25, 0.3) is 0 Å². The van der Waals surface area contributed by atoms with Crippen LogP contribution in [0.25, 0.3) is 0 Å². The van der Waals surface area contributed by atoms with E-state index in [2.05, 4.69) is 26.8 Å². The highest BCUT2D eigenvalue weighted by Gasteiger charge is 2.36. The molecule has 2 aliphatic rings. The van der Waals surface area contributed by atoms with E-state index in [1.165, 1.54) is 11.2 Å². The number of anilines is 1. The summed E-state index contributed by atoms with van der Waals surface area (Å²) in [6.45, 7) is 2.01. The lowest BCUT2D eigenvalue weighted by Crippen LogP contribution is -2.31. The molecule has 0 bridgehead atoms. The Bertz CT molecular complexity index is 701. The Morgan fingerprint density at radius 1 is 1.45 bits per heavy atom. The van der Waals surface area contributed by atoms with Gasteiger partial charge in [0.2, 0.25) is 5.95 Å². The number of nitrogens with one attached hydrogen (secondary N) is 1. The zero-order chi connectivity index (χ0) is 13.7. The quantitative estimate of drug-likeness (QED) is 0.875. The second kappa shape index (κ2) is 4.28. The molecule has 1 N–H and O–H groups in total. The van der Waals surface area contributed by atoms with Gasteiger partial charge in [0.1, 0.15) is 6.33 Å². The van der Waals surface area contributed by atoms with Crippen LogP contribution in [0.5, 0.6) is 0 Å². The van der Waals surface area contributed by atoms with Gasteiger partial charge in [-0.25, -0.2) is 4.68 Å². The van der Waals surface area contributed by atoms with E-state index in [4.69, 9.17) is 0 Å². The first kappa shape index (κ1) is 11.8. The number of thiophene rings is 1. The van der Waals surface area contributed by atoms with Crippen LogP contribution in [0.3, 0.4) is 0 Å². The Balaban J connectivity index is 1.73. The predicted molar refractivity (Wildman–Crippen MR) is 76.7 cm³/mol. The molecule has 0 saturated carbocycles. The summed E-state index contributed by atoms with van der Waals surface area (Å²) < 4.78 is 1.78. The van der Waals surface area contributed by atoms with Crippen LogP contribution in [-0.2, 0) is 4.79 Å². The molecule has 0 saturated heterocycles. The van der Waals surface area contributed by atoms with E-state index in [0.29, 0.717) is 6.42 Å². The first-order valence-electron chi connectivity index (χ1n) is 6.70. The fraction of sp³-hybridized carbons (Fsp3) is 0.357. The number of Topliss-reactive ketones (excluding diaryl/α,β-unsaturated/α-hetero) is 1. The molecule has 4 rings (SSSR count). The van der Waals surface area contributed by atoms with E-state index < -0.39 is 0 Å². The second-order valence-corrected chi connectivity index (χ2v) is 6.24. The SMILES string of the molecule is C[C@H]1C2=C(C[C@@H](c3cccs3)CC2=O)Nc2ncnn21. The highest BCUT2D eigenvalue weighted by atomic mass is 32.1. The summed E-state index contributed by atoms with van der Waals surface area (Å²) in [7, 11) is 0. The monoisotopic (exact) mass is 286 g/mol. The molecule has 102 valence electrons. The van der Waals surface area contributed by atoms with Crippen LogP contribution in [0, 0.1) is 0 Å². The van der Waals surface area contributed by atoms with Gasteiger partial charge in [0.05, 0.1) is 6.04 Å². The van der Waals surface area contributed by atoms with Gasteiger partial charge < -0.3 is 5.32 Å². The minimum Gasteiger partial charge on any atom is -0.328 e. The third-order valence-electron chi connectivity index (χ3n) is 4.07. The molecule has 0 spiro atoms. The molecular formula is C14H14N4OS. The Morgan fingerprint density at radius 3 is 3.15 bits per heavy atom. The van der Waals surface area contributed by atoms with Crippen molar-refractivity contribution in [3.63, 3.8) is 0 Å². The van der Waals surface area contributed by atoms with Gasteiger partial charge in [0.15, 0.2) is 5.78 Å². The minimum atomic E-state index is -0.0273. The van der Waals surface area contributed by atoms with Crippen molar-refractivity contribution in [1.29, 1.82) is 0 Å². The molecule has 3 heterocycles. The lowest BCUT2D eigenvalue weighted by Gasteiger charge is -2.33. The minimum absolute atomic E-state index is 0.0273. The molecule has 2 aromatic rings. The van der Waals surface area contributed by atoms with Crippen molar-refractivity contribution in [2.45, 2.75) is 31.7 Å². The first-order chi connectivity index (χ1) is 9.74. The van der Waals surface area contributed by atoms with E-state index in [9.17, 15) is 4.79 Å². The molecule has 1 aliphatic heterocycles. The molecule has 6 heteroatoms. The number of fused-ring (bicyclic) bond motifs is 1. The average molecular weight is 286 g/mol. The van der Waals surface area contributed by atoms with Crippen molar-refractivity contribution in [1.82, 2.24) is 14.8 Å². The van der Waals surface area contributed by atoms with Crippen molar-refractivity contribution >= 4 is 23.1 Å². The van der Waals surface area contributed by atoms with Gasteiger partial charge in [-0.3, -0.25) is 4.79 Å². The van der Waals surface area contributed by atoms with Gasteiger partial charge >= 0.3 is 0 Å². The summed E-state index contributed by atoms with van der Waals surface area (Å²) in [5.41, 5.74) is 1.89. The predicted octanol–water partition coefficient (Wildman–Crippen LogP) is 2.73. The van der Waals surface area contributed by atoms with E-state index in [1.807, 2.05) is 13.0 Å². The fourth-order valence-electron chi connectivity index (χ4n) is 3.14. The molecule has 0 radical (unpaired) electrons. The molecule has 0 fully saturated rings. The van der Waals surface area contributed by atoms with Gasteiger partial charge in [-0.1, -0.05) is 6.07 Å². The van der Waals surface area contributed by atoms with E-state index in [0.717, 1.165) is 23.6 Å². The van der Waals surface area contributed by atoms with E-state index in [-0.39, 0.29) is 17.7 Å². The third kappa shape index (κ3) is 1.64. The lowest BCUT2D eigenvalue weighted by atomic mass is 9.82. The Morgan fingerprint density at radius 2 is 2.35 bits per heavy atom. The molecule has 0 unspecified atom stereocenters. The summed E-state index contributed by atoms with van der Waals surface area (Å²) in [5.74, 6) is 1.25. The number of nitrogens with zero attached hydrogens (tertiary/aromatic N) is 3. The number of aromatic nitrogens is 3. The Kier molecular flexibility index (Phi) is 2.53. The summed E-state index contributed by atoms with van der Waals surface area (Å²) in [5, 5.41) is 9.54. The van der Waals surface area contributed by atoms with Crippen molar-refractivity contribution < 1.29 is 4.79 Å². The Hall–Kier alpha value is -1.95. The number of rotatable bonds is 1. The number of carbonyl (C=O) groups excluding carboxylic acids is 1. The van der Waals surface area contributed by atoms with Crippen molar-refractivity contribution in [2.24, 2.45) is 0 Å². The molecule has 2 aromatic heterocycles. The lowest BCUT2D eigenvalue weighted by molar-refractivity contribution is -0.116. The van der Waals surface area contributed by atoms with Gasteiger partial charge in [-0.05, 0) is 24.8 Å². The molecule has 20 heavy (non-hydrogen) atoms. The maximum absolute atomic E-state index is 12.5. The number of carbonyl (C=O) groups is 1. The number of hydrogen-bond donors (Lipinski definition) is 1. The van der Waals surface area contributed by atoms with Crippen LogP contribution in [0.1, 0.15) is 36.6 Å². The largest absolute Gasteiger partial charge is 0.328 e. The zero-order valence-electron chi connectivity index (χ0n) is 11.0. The Labute approximate surface area is 120 Å². The van der Waals surface area contributed by atoms with Gasteiger partial charge in [-0.2, -0.15) is 10.1 Å². The number of allylic oxidation sites excluding steroid dienone is 2. The number of hydrogen-bond acceptors (Lipinski definition) is 5. The summed E-state index contributed by atoms with van der Waals surface area (Å²) >= 11 is 1.72. The number of ketones is 1. The van der Waals surface area contributed by atoms with Gasteiger partial charge in [0, 0.05) is 28.5 Å². The molecule has 5 nitrogen and oxygen atoms in total. The van der Waals surface area contributed by atoms with E-state index >= 15 is 0 Å². The van der Waals surface area contributed by atoms with Crippen LogP contribution >= 0.6 is 11.3 Å². The van der Waals surface area contributed by atoms with E-state index in [1.54, 1.807) is 16.0 Å². The molecule has 1 aliphatic carbocycles. The maximum atomic E-state index is 12.5. The average Bonchev–Trinajstić information content (AvgIpc) is 3.09. The molecule has 0 amide bonds. The highest BCUT2D eigenvalue weighted by molar-refractivity contribution is 7.10. The third-order valence-corrected chi connectivity index (χ3v) is 5.11.